The summed E-state index contributed by atoms with van der Waals surface area (Å²) in [6.07, 6.45) is 1.12. The van der Waals surface area contributed by atoms with Crippen LogP contribution in [0, 0.1) is 16.8 Å². The van der Waals surface area contributed by atoms with E-state index in [2.05, 4.69) is 5.32 Å². The second kappa shape index (κ2) is 7.49. The van der Waals surface area contributed by atoms with Gasteiger partial charge in [0.05, 0.1) is 6.04 Å². The van der Waals surface area contributed by atoms with Crippen LogP contribution in [0.15, 0.2) is 42.6 Å². The number of pyridine rings is 1. The predicted octanol–water partition coefficient (Wildman–Crippen LogP) is 1.63. The Balaban J connectivity index is 1.91. The van der Waals surface area contributed by atoms with Gasteiger partial charge in [-0.05, 0) is 19.1 Å². The third-order valence-corrected chi connectivity index (χ3v) is 3.17. The normalized spacial score (nSPS) is 11.6. The van der Waals surface area contributed by atoms with Crippen molar-refractivity contribution >= 4 is 11.9 Å². The van der Waals surface area contributed by atoms with Crippen LogP contribution in [0.1, 0.15) is 29.0 Å². The van der Waals surface area contributed by atoms with E-state index in [4.69, 9.17) is 4.74 Å². The van der Waals surface area contributed by atoms with Crippen molar-refractivity contribution < 1.29 is 27.8 Å². The minimum absolute atomic E-state index is 0.0940. The van der Waals surface area contributed by atoms with Crippen LogP contribution in [0.5, 0.6) is 0 Å². The quantitative estimate of drug-likeness (QED) is 0.511. The molecule has 1 aromatic heterocycles. The van der Waals surface area contributed by atoms with Crippen molar-refractivity contribution in [3.8, 4) is 0 Å². The summed E-state index contributed by atoms with van der Waals surface area (Å²) >= 11 is 0. The number of nitrogens with zero attached hydrogens (tertiary/aromatic N) is 1. The van der Waals surface area contributed by atoms with Crippen molar-refractivity contribution in [1.82, 2.24) is 5.32 Å². The highest BCUT2D eigenvalue weighted by Gasteiger charge is 2.19. The molecule has 1 N–H and O–H groups in total. The van der Waals surface area contributed by atoms with Crippen LogP contribution in [-0.2, 0) is 9.53 Å². The van der Waals surface area contributed by atoms with Crippen LogP contribution in [0.4, 0.5) is 8.78 Å². The Hall–Kier alpha value is -3.03. The van der Waals surface area contributed by atoms with Crippen LogP contribution in [0.25, 0.3) is 0 Å². The van der Waals surface area contributed by atoms with Gasteiger partial charge in [-0.3, -0.25) is 4.79 Å². The molecule has 1 amide bonds. The highest BCUT2D eigenvalue weighted by Crippen LogP contribution is 2.17. The molecule has 24 heavy (non-hydrogen) atoms. The molecule has 0 aliphatic carbocycles. The zero-order chi connectivity index (χ0) is 17.7. The molecule has 0 radical (unpaired) electrons. The number of halogens is 2. The lowest BCUT2D eigenvalue weighted by atomic mass is 10.1. The first kappa shape index (κ1) is 17.3. The second-order valence-corrected chi connectivity index (χ2v) is 4.94. The van der Waals surface area contributed by atoms with Gasteiger partial charge >= 0.3 is 11.7 Å². The van der Waals surface area contributed by atoms with Crippen molar-refractivity contribution in [1.29, 1.82) is 0 Å². The van der Waals surface area contributed by atoms with Gasteiger partial charge < -0.3 is 15.3 Å². The molecular formula is C16H14F2N2O4. The summed E-state index contributed by atoms with van der Waals surface area (Å²) in [6.45, 7) is 0.861. The van der Waals surface area contributed by atoms with E-state index in [9.17, 15) is 23.6 Å². The van der Waals surface area contributed by atoms with Crippen molar-refractivity contribution in [2.45, 2.75) is 13.0 Å². The number of rotatable bonds is 5. The number of aromatic nitrogens is 1. The third kappa shape index (κ3) is 4.25. The number of hydrogen-bond donors (Lipinski definition) is 1. The van der Waals surface area contributed by atoms with E-state index in [0.717, 1.165) is 12.3 Å². The van der Waals surface area contributed by atoms with E-state index >= 15 is 0 Å². The first-order valence-electron chi connectivity index (χ1n) is 6.98. The number of ether oxygens (including phenoxy) is 1. The minimum Gasteiger partial charge on any atom is -0.618 e. The largest absolute Gasteiger partial charge is 0.618 e. The number of benzene rings is 1. The van der Waals surface area contributed by atoms with Gasteiger partial charge in [-0.2, -0.15) is 4.73 Å². The summed E-state index contributed by atoms with van der Waals surface area (Å²) in [5.41, 5.74) is -0.167. The van der Waals surface area contributed by atoms with E-state index in [1.165, 1.54) is 31.2 Å². The zero-order valence-corrected chi connectivity index (χ0v) is 12.7. The number of esters is 1. The average Bonchev–Trinajstić information content (AvgIpc) is 2.52. The summed E-state index contributed by atoms with van der Waals surface area (Å²) < 4.78 is 31.5. The number of hydrogen-bond acceptors (Lipinski definition) is 4. The topological polar surface area (TPSA) is 82.3 Å². The van der Waals surface area contributed by atoms with E-state index in [1.807, 2.05) is 0 Å². The molecule has 0 spiro atoms. The van der Waals surface area contributed by atoms with Crippen LogP contribution in [0.2, 0.25) is 0 Å². The maximum atomic E-state index is 13.6. The maximum absolute atomic E-state index is 13.6. The molecule has 1 heterocycles. The first-order chi connectivity index (χ1) is 11.4. The Kier molecular flexibility index (Phi) is 5.41. The summed E-state index contributed by atoms with van der Waals surface area (Å²) in [4.78, 5) is 23.4. The van der Waals surface area contributed by atoms with Gasteiger partial charge in [0.25, 0.3) is 5.91 Å². The van der Waals surface area contributed by atoms with E-state index < -0.39 is 36.2 Å². The molecule has 1 aromatic carbocycles. The van der Waals surface area contributed by atoms with E-state index in [0.29, 0.717) is 10.8 Å². The summed E-state index contributed by atoms with van der Waals surface area (Å²) in [7, 11) is 0. The molecule has 8 heteroatoms. The zero-order valence-electron chi connectivity index (χ0n) is 12.7. The summed E-state index contributed by atoms with van der Waals surface area (Å²) in [5.74, 6) is -3.16. The fraction of sp³-hybridized carbons (Fsp3) is 0.188. The number of amides is 1. The Labute approximate surface area is 136 Å². The lowest BCUT2D eigenvalue weighted by Gasteiger charge is -2.15. The fourth-order valence-electron chi connectivity index (χ4n) is 2.00. The minimum atomic E-state index is -0.957. The summed E-state index contributed by atoms with van der Waals surface area (Å²) in [5, 5.41) is 13.8. The molecule has 6 nitrogen and oxygen atoms in total. The third-order valence-electron chi connectivity index (χ3n) is 3.17. The second-order valence-electron chi connectivity index (χ2n) is 4.94. The lowest BCUT2D eigenvalue weighted by molar-refractivity contribution is -0.608. The standard InChI is InChI=1S/C16H14F2N2O4/c1-10(12-6-5-11(17)8-13(12)18)19-15(21)9-24-16(22)14-4-2-3-7-20(14)23/h2-8,10H,9H2,1H3,(H,19,21)/t10-/m0/s1. The molecule has 0 aliphatic heterocycles. The van der Waals surface area contributed by atoms with Crippen molar-refractivity contribution in [2.24, 2.45) is 0 Å². The van der Waals surface area contributed by atoms with E-state index in [1.54, 1.807) is 0 Å². The highest BCUT2D eigenvalue weighted by molar-refractivity contribution is 5.88. The smallest absolute Gasteiger partial charge is 0.405 e. The monoisotopic (exact) mass is 336 g/mol. The number of nitrogens with one attached hydrogen (secondary N) is 1. The average molecular weight is 336 g/mol. The molecule has 2 rings (SSSR count). The Morgan fingerprint density at radius 1 is 1.29 bits per heavy atom. The predicted molar refractivity (Wildman–Crippen MR) is 78.6 cm³/mol. The van der Waals surface area contributed by atoms with Crippen molar-refractivity contribution in [2.75, 3.05) is 6.61 Å². The van der Waals surface area contributed by atoms with Crippen LogP contribution in [-0.4, -0.2) is 18.5 Å². The SMILES string of the molecule is C[C@H](NC(=O)COC(=O)c1cccc[n+]1[O-])c1ccc(F)cc1F. The van der Waals surface area contributed by atoms with Gasteiger partial charge in [0.2, 0.25) is 0 Å². The van der Waals surface area contributed by atoms with Crippen molar-refractivity contribution in [3.05, 3.63) is 70.7 Å². The van der Waals surface area contributed by atoms with Gasteiger partial charge in [-0.15, -0.1) is 0 Å². The Morgan fingerprint density at radius 3 is 2.71 bits per heavy atom. The van der Waals surface area contributed by atoms with Crippen LogP contribution in [0.3, 0.4) is 0 Å². The fourth-order valence-corrected chi connectivity index (χ4v) is 2.00. The van der Waals surface area contributed by atoms with Crippen LogP contribution < -0.4 is 10.0 Å². The molecule has 0 bridgehead atoms. The van der Waals surface area contributed by atoms with Gasteiger partial charge in [0, 0.05) is 23.8 Å². The lowest BCUT2D eigenvalue weighted by Crippen LogP contribution is -2.36. The molecular weight excluding hydrogens is 322 g/mol. The maximum Gasteiger partial charge on any atom is 0.405 e. The van der Waals surface area contributed by atoms with Gasteiger partial charge in [0.15, 0.2) is 12.8 Å². The molecule has 0 aliphatic rings. The highest BCUT2D eigenvalue weighted by atomic mass is 19.1. The van der Waals surface area contributed by atoms with Gasteiger partial charge in [0.1, 0.15) is 11.6 Å². The number of carbonyl (C=O) groups is 2. The Bertz CT molecular complexity index is 767. The first-order valence-corrected chi connectivity index (χ1v) is 6.98. The molecule has 0 fully saturated rings. The van der Waals surface area contributed by atoms with E-state index in [-0.39, 0.29) is 11.3 Å². The van der Waals surface area contributed by atoms with Crippen LogP contribution >= 0.6 is 0 Å². The molecule has 0 saturated carbocycles. The van der Waals surface area contributed by atoms with Gasteiger partial charge in [-0.25, -0.2) is 13.6 Å². The molecule has 2 aromatic rings. The summed E-state index contributed by atoms with van der Waals surface area (Å²) in [6, 6.07) is 6.41. The molecule has 1 atom stereocenters. The molecule has 126 valence electrons. The van der Waals surface area contributed by atoms with Gasteiger partial charge in [-0.1, -0.05) is 6.07 Å². The number of carbonyl (C=O) groups excluding carboxylic acids is 2. The Morgan fingerprint density at radius 2 is 2.04 bits per heavy atom. The van der Waals surface area contributed by atoms with Crippen molar-refractivity contribution in [3.63, 3.8) is 0 Å². The molecule has 0 saturated heterocycles. The molecule has 0 unspecified atom stereocenters.